The lowest BCUT2D eigenvalue weighted by atomic mass is 9.89. The second kappa shape index (κ2) is 9.35. The topological polar surface area (TPSA) is 53.0 Å². The lowest BCUT2D eigenvalue weighted by Crippen LogP contribution is -2.37. The molecule has 0 spiro atoms. The van der Waals surface area contributed by atoms with Crippen LogP contribution in [0.1, 0.15) is 34.0 Å². The highest BCUT2D eigenvalue weighted by Gasteiger charge is 2.28. The van der Waals surface area contributed by atoms with Crippen molar-refractivity contribution in [1.29, 1.82) is 0 Å². The van der Waals surface area contributed by atoms with Crippen LogP contribution in [0.4, 0.5) is 5.00 Å². The monoisotopic (exact) mass is 448 g/mol. The molecular weight excluding hydrogens is 420 g/mol. The van der Waals surface area contributed by atoms with Gasteiger partial charge in [0.05, 0.1) is 23.1 Å². The number of rotatable bonds is 4. The van der Waals surface area contributed by atoms with Crippen molar-refractivity contribution in [3.05, 3.63) is 71.1 Å². The lowest BCUT2D eigenvalue weighted by Gasteiger charge is -2.32. The molecule has 3 heterocycles. The predicted molar refractivity (Wildman–Crippen MR) is 129 cm³/mol. The van der Waals surface area contributed by atoms with Crippen molar-refractivity contribution in [3.63, 3.8) is 0 Å². The fraction of sp³-hybridized carbons (Fsp3) is 0.346. The first-order valence-corrected chi connectivity index (χ1v) is 12.1. The van der Waals surface area contributed by atoms with Crippen LogP contribution in [-0.2, 0) is 4.74 Å². The van der Waals surface area contributed by atoms with E-state index in [1.54, 1.807) is 23.5 Å². The summed E-state index contributed by atoms with van der Waals surface area (Å²) in [7, 11) is 0. The SMILES string of the molecule is O=C(c1cc(-c2ccccc2)c(N2CCOCC2)s1)N1CCC(c2ccc(O)cc2)CC1. The zero-order chi connectivity index (χ0) is 21.9. The number of benzene rings is 2. The maximum atomic E-state index is 13.4. The minimum atomic E-state index is 0.135. The summed E-state index contributed by atoms with van der Waals surface area (Å²) in [4.78, 5) is 18.6. The number of amides is 1. The number of ether oxygens (including phenoxy) is 1. The molecule has 1 amide bonds. The largest absolute Gasteiger partial charge is 0.508 e. The van der Waals surface area contributed by atoms with Crippen LogP contribution in [0.2, 0.25) is 0 Å². The van der Waals surface area contributed by atoms with E-state index < -0.39 is 0 Å². The highest BCUT2D eigenvalue weighted by atomic mass is 32.1. The molecule has 3 aromatic rings. The Balaban J connectivity index is 1.34. The van der Waals surface area contributed by atoms with Crippen LogP contribution in [0.25, 0.3) is 11.1 Å². The maximum Gasteiger partial charge on any atom is 0.264 e. The summed E-state index contributed by atoms with van der Waals surface area (Å²) >= 11 is 1.61. The molecule has 166 valence electrons. The van der Waals surface area contributed by atoms with E-state index in [1.807, 2.05) is 35.2 Å². The molecule has 0 saturated carbocycles. The van der Waals surface area contributed by atoms with E-state index in [4.69, 9.17) is 4.74 Å². The van der Waals surface area contributed by atoms with E-state index in [0.717, 1.165) is 68.2 Å². The van der Waals surface area contributed by atoms with Crippen molar-refractivity contribution in [2.75, 3.05) is 44.3 Å². The minimum Gasteiger partial charge on any atom is -0.508 e. The molecule has 32 heavy (non-hydrogen) atoms. The van der Waals surface area contributed by atoms with Crippen molar-refractivity contribution >= 4 is 22.2 Å². The molecule has 1 N–H and O–H groups in total. The summed E-state index contributed by atoms with van der Waals surface area (Å²) < 4.78 is 5.54. The van der Waals surface area contributed by atoms with Crippen LogP contribution in [0, 0.1) is 0 Å². The first kappa shape index (κ1) is 21.0. The van der Waals surface area contributed by atoms with Crippen LogP contribution in [0.5, 0.6) is 5.75 Å². The van der Waals surface area contributed by atoms with Crippen LogP contribution >= 0.6 is 11.3 Å². The Labute approximate surface area is 192 Å². The van der Waals surface area contributed by atoms with Crippen LogP contribution in [0.3, 0.4) is 0 Å². The normalized spacial score (nSPS) is 17.5. The third-order valence-electron chi connectivity index (χ3n) is 6.45. The Morgan fingerprint density at radius 3 is 2.31 bits per heavy atom. The van der Waals surface area contributed by atoms with Gasteiger partial charge in [-0.1, -0.05) is 42.5 Å². The number of likely N-dealkylation sites (tertiary alicyclic amines) is 1. The second-order valence-corrected chi connectivity index (χ2v) is 9.48. The van der Waals surface area contributed by atoms with Gasteiger partial charge in [-0.2, -0.15) is 0 Å². The number of phenols is 1. The lowest BCUT2D eigenvalue weighted by molar-refractivity contribution is 0.0718. The number of nitrogens with zero attached hydrogens (tertiary/aromatic N) is 2. The highest BCUT2D eigenvalue weighted by Crippen LogP contribution is 2.40. The van der Waals surface area contributed by atoms with Gasteiger partial charge in [-0.25, -0.2) is 0 Å². The summed E-state index contributed by atoms with van der Waals surface area (Å²) in [5.74, 6) is 0.868. The van der Waals surface area contributed by atoms with E-state index >= 15 is 0 Å². The third-order valence-corrected chi connectivity index (χ3v) is 7.64. The number of anilines is 1. The molecule has 0 bridgehead atoms. The number of aromatic hydroxyl groups is 1. The van der Waals surface area contributed by atoms with Gasteiger partial charge in [0.1, 0.15) is 5.75 Å². The molecule has 0 aliphatic carbocycles. The third kappa shape index (κ3) is 4.38. The molecule has 2 aliphatic rings. The van der Waals surface area contributed by atoms with Gasteiger partial charge >= 0.3 is 0 Å². The molecular formula is C26H28N2O3S. The molecule has 6 heteroatoms. The number of morpholine rings is 1. The van der Waals surface area contributed by atoms with Gasteiger partial charge < -0.3 is 19.6 Å². The van der Waals surface area contributed by atoms with E-state index in [-0.39, 0.29) is 5.91 Å². The number of thiophene rings is 1. The second-order valence-electron chi connectivity index (χ2n) is 8.45. The highest BCUT2D eigenvalue weighted by molar-refractivity contribution is 7.18. The zero-order valence-corrected chi connectivity index (χ0v) is 18.9. The first-order chi connectivity index (χ1) is 15.7. The molecule has 2 aromatic carbocycles. The summed E-state index contributed by atoms with van der Waals surface area (Å²) in [6, 6.07) is 19.9. The average Bonchev–Trinajstić information content (AvgIpc) is 3.31. The minimum absolute atomic E-state index is 0.135. The quantitative estimate of drug-likeness (QED) is 0.612. The van der Waals surface area contributed by atoms with Gasteiger partial charge in [0.15, 0.2) is 0 Å². The van der Waals surface area contributed by atoms with Gasteiger partial charge in [0.25, 0.3) is 5.91 Å². The van der Waals surface area contributed by atoms with Gasteiger partial charge in [-0.05, 0) is 48.1 Å². The summed E-state index contributed by atoms with van der Waals surface area (Å²) in [6.07, 6.45) is 1.90. The Kier molecular flexibility index (Phi) is 6.14. The molecule has 2 fully saturated rings. The number of piperidine rings is 1. The van der Waals surface area contributed by atoms with Crippen molar-refractivity contribution in [3.8, 4) is 16.9 Å². The molecule has 2 saturated heterocycles. The summed E-state index contributed by atoms with van der Waals surface area (Å²) in [5, 5.41) is 10.7. The van der Waals surface area contributed by atoms with Crippen molar-refractivity contribution in [1.82, 2.24) is 4.90 Å². The predicted octanol–water partition coefficient (Wildman–Crippen LogP) is 4.98. The van der Waals surface area contributed by atoms with E-state index in [9.17, 15) is 9.90 Å². The molecule has 0 unspecified atom stereocenters. The molecule has 0 radical (unpaired) electrons. The molecule has 0 atom stereocenters. The smallest absolute Gasteiger partial charge is 0.264 e. The Hall–Kier alpha value is -2.83. The fourth-order valence-electron chi connectivity index (χ4n) is 4.63. The maximum absolute atomic E-state index is 13.4. The van der Waals surface area contributed by atoms with Crippen molar-refractivity contribution in [2.45, 2.75) is 18.8 Å². The Morgan fingerprint density at radius 1 is 0.938 bits per heavy atom. The molecule has 5 rings (SSSR count). The van der Waals surface area contributed by atoms with Gasteiger partial charge in [-0.3, -0.25) is 4.79 Å². The van der Waals surface area contributed by atoms with Crippen molar-refractivity contribution in [2.24, 2.45) is 0 Å². The number of carbonyl (C=O) groups is 1. The molecule has 1 aromatic heterocycles. The standard InChI is InChI=1S/C26H28N2O3S/c29-22-8-6-19(7-9-22)20-10-12-27(13-11-20)25(30)24-18-23(21-4-2-1-3-5-21)26(32-24)28-14-16-31-17-15-28/h1-9,18,20,29H,10-17H2. The van der Waals surface area contributed by atoms with Gasteiger partial charge in [0, 0.05) is 31.7 Å². The molecule has 5 nitrogen and oxygen atoms in total. The zero-order valence-electron chi connectivity index (χ0n) is 18.1. The Bertz CT molecular complexity index is 1050. The first-order valence-electron chi connectivity index (χ1n) is 11.3. The van der Waals surface area contributed by atoms with Crippen LogP contribution < -0.4 is 4.90 Å². The van der Waals surface area contributed by atoms with E-state index in [2.05, 4.69) is 23.1 Å². The number of hydrogen-bond acceptors (Lipinski definition) is 5. The van der Waals surface area contributed by atoms with Crippen LogP contribution in [0.15, 0.2) is 60.7 Å². The summed E-state index contributed by atoms with van der Waals surface area (Å²) in [5.41, 5.74) is 3.53. The van der Waals surface area contributed by atoms with Gasteiger partial charge in [-0.15, -0.1) is 11.3 Å². The average molecular weight is 449 g/mol. The van der Waals surface area contributed by atoms with Crippen LogP contribution in [-0.4, -0.2) is 55.3 Å². The van der Waals surface area contributed by atoms with E-state index in [0.29, 0.717) is 11.7 Å². The van der Waals surface area contributed by atoms with Crippen molar-refractivity contribution < 1.29 is 14.6 Å². The number of phenolic OH excluding ortho intramolecular Hbond substituents is 1. The van der Waals surface area contributed by atoms with E-state index in [1.165, 1.54) is 10.6 Å². The number of hydrogen-bond donors (Lipinski definition) is 1. The fourth-order valence-corrected chi connectivity index (χ4v) is 5.83. The molecule has 2 aliphatic heterocycles. The number of carbonyl (C=O) groups excluding carboxylic acids is 1. The van der Waals surface area contributed by atoms with Gasteiger partial charge in [0.2, 0.25) is 0 Å². The summed E-state index contributed by atoms with van der Waals surface area (Å²) in [6.45, 7) is 4.67. The Morgan fingerprint density at radius 2 is 1.62 bits per heavy atom.